The van der Waals surface area contributed by atoms with Crippen molar-refractivity contribution in [2.75, 3.05) is 24.3 Å². The molecule has 0 radical (unpaired) electrons. The van der Waals surface area contributed by atoms with Crippen LogP contribution in [0.25, 0.3) is 10.9 Å². The van der Waals surface area contributed by atoms with Crippen LogP contribution in [0.4, 0.5) is 11.8 Å². The first-order chi connectivity index (χ1) is 14.9. The minimum absolute atomic E-state index is 0.0334. The molecule has 31 heavy (non-hydrogen) atoms. The van der Waals surface area contributed by atoms with Crippen LogP contribution in [0.1, 0.15) is 47.2 Å². The second-order valence-electron chi connectivity index (χ2n) is 8.70. The van der Waals surface area contributed by atoms with Crippen LogP contribution >= 0.6 is 0 Å². The Labute approximate surface area is 184 Å². The summed E-state index contributed by atoms with van der Waals surface area (Å²) in [6.45, 7) is 4.05. The maximum absolute atomic E-state index is 12.7. The molecule has 0 spiro atoms. The molecule has 0 aliphatic heterocycles. The van der Waals surface area contributed by atoms with Crippen LogP contribution in [0.3, 0.4) is 0 Å². The van der Waals surface area contributed by atoms with E-state index in [1.54, 1.807) is 0 Å². The monoisotopic (exact) mass is 417 g/mol. The first kappa shape index (κ1) is 21.1. The molecule has 0 saturated heterocycles. The van der Waals surface area contributed by atoms with Crippen LogP contribution in [-0.4, -0.2) is 42.1 Å². The molecule has 1 aliphatic rings. The van der Waals surface area contributed by atoms with E-state index < -0.39 is 0 Å². The summed E-state index contributed by atoms with van der Waals surface area (Å²) < 4.78 is 0. The summed E-state index contributed by atoms with van der Waals surface area (Å²) in [5.74, 6) is 1.62. The van der Waals surface area contributed by atoms with Gasteiger partial charge in [0.05, 0.1) is 5.52 Å². The number of carbonyl (C=O) groups is 1. The molecule has 1 aliphatic carbocycles. The van der Waals surface area contributed by atoms with E-state index in [1.807, 2.05) is 69.2 Å². The number of hydrogen-bond acceptors (Lipinski definition) is 5. The highest BCUT2D eigenvalue weighted by molar-refractivity contribution is 5.96. The normalized spacial score (nSPS) is 18.6. The number of nitrogens with one attached hydrogen (secondary N) is 2. The summed E-state index contributed by atoms with van der Waals surface area (Å²) in [5, 5.41) is 7.81. The molecule has 1 fully saturated rings. The van der Waals surface area contributed by atoms with Gasteiger partial charge in [-0.2, -0.15) is 4.98 Å². The molecular weight excluding hydrogens is 386 g/mol. The van der Waals surface area contributed by atoms with Gasteiger partial charge in [0.15, 0.2) is 0 Å². The number of fused-ring (bicyclic) bond motifs is 1. The number of benzene rings is 2. The van der Waals surface area contributed by atoms with Crippen molar-refractivity contribution >= 4 is 28.6 Å². The van der Waals surface area contributed by atoms with Gasteiger partial charge in [-0.1, -0.05) is 24.3 Å². The lowest BCUT2D eigenvalue weighted by Gasteiger charge is -2.30. The molecule has 6 heteroatoms. The molecule has 2 N–H and O–H groups in total. The van der Waals surface area contributed by atoms with Gasteiger partial charge in [0.25, 0.3) is 5.91 Å². The Morgan fingerprint density at radius 1 is 0.935 bits per heavy atom. The lowest BCUT2D eigenvalue weighted by Crippen LogP contribution is -2.40. The maximum Gasteiger partial charge on any atom is 0.251 e. The molecule has 0 atom stereocenters. The van der Waals surface area contributed by atoms with Gasteiger partial charge < -0.3 is 15.5 Å². The van der Waals surface area contributed by atoms with Crippen molar-refractivity contribution in [1.29, 1.82) is 0 Å². The van der Waals surface area contributed by atoms with Gasteiger partial charge >= 0.3 is 0 Å². The van der Waals surface area contributed by atoms with Crippen LogP contribution in [0.2, 0.25) is 0 Å². The van der Waals surface area contributed by atoms with Gasteiger partial charge in [-0.05, 0) is 68.9 Å². The van der Waals surface area contributed by atoms with Gasteiger partial charge in [-0.25, -0.2) is 4.98 Å². The highest BCUT2D eigenvalue weighted by Gasteiger charge is 2.24. The van der Waals surface area contributed by atoms with Crippen LogP contribution in [0.15, 0.2) is 42.5 Å². The third-order valence-electron chi connectivity index (χ3n) is 6.25. The molecule has 0 unspecified atom stereocenters. The van der Waals surface area contributed by atoms with E-state index in [2.05, 4.69) is 16.7 Å². The number of carbonyl (C=O) groups excluding carboxylic acids is 1. The first-order valence-corrected chi connectivity index (χ1v) is 11.0. The molecule has 6 nitrogen and oxygen atoms in total. The summed E-state index contributed by atoms with van der Waals surface area (Å²) >= 11 is 0. The number of amides is 1. The maximum atomic E-state index is 12.7. The summed E-state index contributed by atoms with van der Waals surface area (Å²) in [6.07, 6.45) is 3.85. The lowest BCUT2D eigenvalue weighted by atomic mass is 9.91. The third-order valence-corrected chi connectivity index (χ3v) is 6.25. The van der Waals surface area contributed by atoms with Crippen molar-refractivity contribution < 1.29 is 4.79 Å². The third kappa shape index (κ3) is 4.63. The molecule has 0 bridgehead atoms. The summed E-state index contributed by atoms with van der Waals surface area (Å²) in [4.78, 5) is 24.2. The zero-order valence-electron chi connectivity index (χ0n) is 18.8. The average Bonchev–Trinajstić information content (AvgIpc) is 2.76. The van der Waals surface area contributed by atoms with Crippen LogP contribution in [0.5, 0.6) is 0 Å². The molecule has 4 rings (SSSR count). The Hall–Kier alpha value is -3.15. The Kier molecular flexibility index (Phi) is 6.07. The summed E-state index contributed by atoms with van der Waals surface area (Å²) in [6, 6.07) is 14.5. The molecule has 1 amide bonds. The van der Waals surface area contributed by atoms with Crippen LogP contribution in [-0.2, 0) is 0 Å². The fourth-order valence-corrected chi connectivity index (χ4v) is 4.29. The van der Waals surface area contributed by atoms with E-state index in [1.165, 1.54) is 0 Å². The quantitative estimate of drug-likeness (QED) is 0.641. The highest BCUT2D eigenvalue weighted by atomic mass is 16.1. The topological polar surface area (TPSA) is 70.2 Å². The van der Waals surface area contributed by atoms with E-state index in [0.717, 1.165) is 59.1 Å². The number of nitrogens with zero attached hydrogens (tertiary/aromatic N) is 3. The number of hydrogen-bond donors (Lipinski definition) is 2. The largest absolute Gasteiger partial charge is 0.362 e. The van der Waals surface area contributed by atoms with Crippen molar-refractivity contribution in [1.82, 2.24) is 15.3 Å². The smallest absolute Gasteiger partial charge is 0.251 e. The van der Waals surface area contributed by atoms with Gasteiger partial charge in [0.2, 0.25) is 5.95 Å². The zero-order chi connectivity index (χ0) is 22.0. The molecule has 3 aromatic rings. The van der Waals surface area contributed by atoms with E-state index >= 15 is 0 Å². The van der Waals surface area contributed by atoms with Crippen molar-refractivity contribution in [3.63, 3.8) is 0 Å². The average molecular weight is 418 g/mol. The van der Waals surface area contributed by atoms with Crippen molar-refractivity contribution in [3.8, 4) is 0 Å². The Morgan fingerprint density at radius 3 is 2.39 bits per heavy atom. The number of aryl methyl sites for hydroxylation is 1. The van der Waals surface area contributed by atoms with Gasteiger partial charge in [-0.15, -0.1) is 0 Å². The number of aromatic nitrogens is 2. The summed E-state index contributed by atoms with van der Waals surface area (Å²) in [5.41, 5.74) is 3.92. The fourth-order valence-electron chi connectivity index (χ4n) is 4.29. The van der Waals surface area contributed by atoms with Crippen LogP contribution < -0.4 is 15.5 Å². The van der Waals surface area contributed by atoms with Crippen molar-refractivity contribution in [2.24, 2.45) is 0 Å². The van der Waals surface area contributed by atoms with Crippen LogP contribution in [0, 0.1) is 13.8 Å². The predicted octanol–water partition coefficient (Wildman–Crippen LogP) is 4.47. The number of para-hydroxylation sites is 1. The van der Waals surface area contributed by atoms with Crippen molar-refractivity contribution in [2.45, 2.75) is 51.6 Å². The van der Waals surface area contributed by atoms with E-state index in [0.29, 0.717) is 12.0 Å². The Morgan fingerprint density at radius 2 is 1.65 bits per heavy atom. The van der Waals surface area contributed by atoms with E-state index in [-0.39, 0.29) is 11.9 Å². The van der Waals surface area contributed by atoms with Gasteiger partial charge in [0.1, 0.15) is 5.82 Å². The minimum Gasteiger partial charge on any atom is -0.362 e. The number of rotatable bonds is 5. The molecule has 2 aromatic carbocycles. The molecule has 162 valence electrons. The van der Waals surface area contributed by atoms with Gasteiger partial charge in [0, 0.05) is 37.1 Å². The molecule has 1 heterocycles. The van der Waals surface area contributed by atoms with Crippen molar-refractivity contribution in [3.05, 3.63) is 59.2 Å². The summed E-state index contributed by atoms with van der Waals surface area (Å²) in [7, 11) is 4.00. The lowest BCUT2D eigenvalue weighted by molar-refractivity contribution is 0.0926. The van der Waals surface area contributed by atoms with Gasteiger partial charge in [-0.3, -0.25) is 4.79 Å². The fraction of sp³-hybridized carbons (Fsp3) is 0.400. The second kappa shape index (κ2) is 8.92. The van der Waals surface area contributed by atoms with E-state index in [4.69, 9.17) is 9.97 Å². The standard InChI is InChI=1S/C25H31N5O/c1-16-8-7-10-20(17(16)2)24(31)26-18-12-14-19(15-13-18)27-25-28-22-11-6-5-9-21(22)23(29-25)30(3)4/h5-11,18-19H,12-15H2,1-4H3,(H,26,31)(H,27,28,29)/t18-,19+. The Bertz CT molecular complexity index is 1090. The minimum atomic E-state index is 0.0334. The molecule has 1 saturated carbocycles. The molecule has 1 aromatic heterocycles. The molecular formula is C25H31N5O. The second-order valence-corrected chi connectivity index (χ2v) is 8.70. The SMILES string of the molecule is Cc1cccc(C(=O)N[C@H]2CC[C@@H](Nc3nc(N(C)C)c4ccccc4n3)CC2)c1C. The first-order valence-electron chi connectivity index (χ1n) is 11.0. The van der Waals surface area contributed by atoms with E-state index in [9.17, 15) is 4.79 Å². The zero-order valence-corrected chi connectivity index (χ0v) is 18.8. The Balaban J connectivity index is 1.38. The number of anilines is 2. The highest BCUT2D eigenvalue weighted by Crippen LogP contribution is 2.26. The predicted molar refractivity (Wildman–Crippen MR) is 127 cm³/mol.